The predicted octanol–water partition coefficient (Wildman–Crippen LogP) is 3.79. The van der Waals surface area contributed by atoms with Crippen LogP contribution in [0.2, 0.25) is 0 Å². The number of alkyl halides is 1. The lowest BCUT2D eigenvalue weighted by Gasteiger charge is -2.07. The van der Waals surface area contributed by atoms with Crippen LogP contribution in [0.25, 0.3) is 0 Å². The number of anilines is 1. The number of nitrogens with one attached hydrogen (secondary N) is 1. The van der Waals surface area contributed by atoms with Gasteiger partial charge in [0.2, 0.25) is 5.91 Å². The number of amides is 1. The van der Waals surface area contributed by atoms with E-state index in [1.54, 1.807) is 0 Å². The van der Waals surface area contributed by atoms with Gasteiger partial charge in [-0.3, -0.25) is 4.79 Å². The van der Waals surface area contributed by atoms with Gasteiger partial charge < -0.3 is 5.32 Å². The van der Waals surface area contributed by atoms with Crippen molar-refractivity contribution in [2.75, 3.05) is 5.32 Å². The van der Waals surface area contributed by atoms with Crippen molar-refractivity contribution in [3.63, 3.8) is 0 Å². The highest BCUT2D eigenvalue weighted by molar-refractivity contribution is 7.13. The van der Waals surface area contributed by atoms with Crippen LogP contribution in [0.5, 0.6) is 0 Å². The van der Waals surface area contributed by atoms with Gasteiger partial charge in [0.05, 0.1) is 11.6 Å². The van der Waals surface area contributed by atoms with E-state index < -0.39 is 0 Å². The molecule has 1 amide bonds. The topological polar surface area (TPSA) is 42.0 Å². The summed E-state index contributed by atoms with van der Waals surface area (Å²) < 4.78 is 0. The Hall–Kier alpha value is -0.610. The molecule has 0 atom stereocenters. The monoisotopic (exact) mass is 272 g/mol. The van der Waals surface area contributed by atoms with Crippen LogP contribution < -0.4 is 5.32 Å². The van der Waals surface area contributed by atoms with Crippen molar-refractivity contribution in [3.05, 3.63) is 11.1 Å². The van der Waals surface area contributed by atoms with E-state index >= 15 is 0 Å². The lowest BCUT2D eigenvalue weighted by atomic mass is 10.0. The highest BCUT2D eigenvalue weighted by Crippen LogP contribution is 2.28. The molecule has 0 spiro atoms. The van der Waals surface area contributed by atoms with Gasteiger partial charge in [-0.15, -0.1) is 22.9 Å². The molecule has 0 aliphatic heterocycles. The second-order valence-electron chi connectivity index (χ2n) is 4.51. The van der Waals surface area contributed by atoms with E-state index in [-0.39, 0.29) is 5.91 Å². The Morgan fingerprint density at radius 1 is 1.53 bits per heavy atom. The number of aromatic nitrogens is 1. The Kier molecular flexibility index (Phi) is 4.80. The van der Waals surface area contributed by atoms with Crippen LogP contribution in [-0.4, -0.2) is 10.9 Å². The van der Waals surface area contributed by atoms with Gasteiger partial charge in [-0.1, -0.05) is 25.7 Å². The maximum absolute atomic E-state index is 11.7. The molecule has 1 fully saturated rings. The minimum atomic E-state index is 0.0763. The van der Waals surface area contributed by atoms with E-state index in [1.807, 2.05) is 5.38 Å². The van der Waals surface area contributed by atoms with Gasteiger partial charge in [0.15, 0.2) is 5.13 Å². The van der Waals surface area contributed by atoms with E-state index in [0.29, 0.717) is 17.4 Å². The first-order chi connectivity index (χ1) is 8.28. The molecule has 1 saturated carbocycles. The van der Waals surface area contributed by atoms with Crippen molar-refractivity contribution < 1.29 is 4.79 Å². The summed E-state index contributed by atoms with van der Waals surface area (Å²) in [4.78, 5) is 15.9. The lowest BCUT2D eigenvalue weighted by molar-refractivity contribution is -0.116. The molecule has 0 radical (unpaired) electrons. The van der Waals surface area contributed by atoms with Crippen molar-refractivity contribution in [1.29, 1.82) is 0 Å². The quantitative estimate of drug-likeness (QED) is 0.829. The second kappa shape index (κ2) is 6.36. The van der Waals surface area contributed by atoms with Crippen molar-refractivity contribution in [1.82, 2.24) is 4.98 Å². The average molecular weight is 273 g/mol. The largest absolute Gasteiger partial charge is 0.302 e. The fraction of sp³-hybridized carbons (Fsp3) is 0.667. The Bertz CT molecular complexity index is 374. The zero-order valence-corrected chi connectivity index (χ0v) is 11.3. The third-order valence-corrected chi connectivity index (χ3v) is 4.27. The van der Waals surface area contributed by atoms with Crippen molar-refractivity contribution in [2.24, 2.45) is 5.92 Å². The Labute approximate surface area is 111 Å². The first-order valence-corrected chi connectivity index (χ1v) is 7.49. The maximum Gasteiger partial charge on any atom is 0.226 e. The minimum Gasteiger partial charge on any atom is -0.302 e. The summed E-state index contributed by atoms with van der Waals surface area (Å²) in [6.45, 7) is 0. The van der Waals surface area contributed by atoms with Gasteiger partial charge in [0, 0.05) is 11.8 Å². The zero-order valence-electron chi connectivity index (χ0n) is 9.75. The van der Waals surface area contributed by atoms with Crippen LogP contribution in [0.4, 0.5) is 5.13 Å². The minimum absolute atomic E-state index is 0.0763. The second-order valence-corrected chi connectivity index (χ2v) is 5.64. The first kappa shape index (κ1) is 12.8. The Balaban J connectivity index is 1.72. The summed E-state index contributed by atoms with van der Waals surface area (Å²) in [7, 11) is 0. The van der Waals surface area contributed by atoms with E-state index in [2.05, 4.69) is 10.3 Å². The van der Waals surface area contributed by atoms with Gasteiger partial charge in [-0.25, -0.2) is 4.98 Å². The third kappa shape index (κ3) is 3.96. The zero-order chi connectivity index (χ0) is 12.1. The highest BCUT2D eigenvalue weighted by Gasteiger charge is 2.16. The fourth-order valence-electron chi connectivity index (χ4n) is 2.24. The summed E-state index contributed by atoms with van der Waals surface area (Å²) in [5, 5.41) is 5.37. The number of thiazole rings is 1. The molecular weight excluding hydrogens is 256 g/mol. The molecule has 3 nitrogen and oxygen atoms in total. The van der Waals surface area contributed by atoms with Crippen molar-refractivity contribution in [3.8, 4) is 0 Å². The molecule has 1 aromatic heterocycles. The molecule has 1 aromatic rings. The highest BCUT2D eigenvalue weighted by atomic mass is 35.5. The molecule has 17 heavy (non-hydrogen) atoms. The van der Waals surface area contributed by atoms with Gasteiger partial charge in [0.25, 0.3) is 0 Å². The van der Waals surface area contributed by atoms with Crippen molar-refractivity contribution in [2.45, 2.75) is 44.4 Å². The van der Waals surface area contributed by atoms with Crippen molar-refractivity contribution >= 4 is 34.0 Å². The molecule has 0 unspecified atom stereocenters. The molecular formula is C12H17ClN2OS. The molecule has 1 heterocycles. The van der Waals surface area contributed by atoms with E-state index in [0.717, 1.165) is 18.0 Å². The summed E-state index contributed by atoms with van der Waals surface area (Å²) >= 11 is 7.09. The number of hydrogen-bond acceptors (Lipinski definition) is 3. The summed E-state index contributed by atoms with van der Waals surface area (Å²) in [5.74, 6) is 1.23. The number of rotatable bonds is 5. The standard InChI is InChI=1S/C12H17ClN2OS/c13-7-10-8-17-12(14-10)15-11(16)6-5-9-3-1-2-4-9/h8-9H,1-7H2,(H,14,15,16). The summed E-state index contributed by atoms with van der Waals surface area (Å²) in [6.07, 6.45) is 6.87. The predicted molar refractivity (Wildman–Crippen MR) is 71.5 cm³/mol. The van der Waals surface area contributed by atoms with Crippen LogP contribution in [0, 0.1) is 5.92 Å². The van der Waals surface area contributed by atoms with Gasteiger partial charge in [0.1, 0.15) is 0 Å². The molecule has 1 N–H and O–H groups in total. The SMILES string of the molecule is O=C(CCC1CCCC1)Nc1nc(CCl)cs1. The van der Waals surface area contributed by atoms with E-state index in [4.69, 9.17) is 11.6 Å². The number of carbonyl (C=O) groups excluding carboxylic acids is 1. The fourth-order valence-corrected chi connectivity index (χ4v) is 3.20. The normalized spacial score (nSPS) is 16.3. The molecule has 1 aliphatic carbocycles. The first-order valence-electron chi connectivity index (χ1n) is 6.08. The maximum atomic E-state index is 11.7. The molecule has 0 bridgehead atoms. The number of carbonyl (C=O) groups is 1. The number of hydrogen-bond donors (Lipinski definition) is 1. The average Bonchev–Trinajstić information content (AvgIpc) is 2.97. The van der Waals surface area contributed by atoms with Crippen LogP contribution in [0.1, 0.15) is 44.2 Å². The van der Waals surface area contributed by atoms with Crippen LogP contribution in [0.15, 0.2) is 5.38 Å². The van der Waals surface area contributed by atoms with E-state index in [9.17, 15) is 4.79 Å². The van der Waals surface area contributed by atoms with Gasteiger partial charge in [-0.2, -0.15) is 0 Å². The Morgan fingerprint density at radius 3 is 2.94 bits per heavy atom. The smallest absolute Gasteiger partial charge is 0.226 e. The molecule has 2 rings (SSSR count). The molecule has 1 aliphatic rings. The molecule has 0 aromatic carbocycles. The molecule has 0 saturated heterocycles. The van der Waals surface area contributed by atoms with Crippen LogP contribution in [0.3, 0.4) is 0 Å². The molecule has 94 valence electrons. The number of halogens is 1. The van der Waals surface area contributed by atoms with Crippen LogP contribution >= 0.6 is 22.9 Å². The number of nitrogens with zero attached hydrogens (tertiary/aromatic N) is 1. The Morgan fingerprint density at radius 2 is 2.29 bits per heavy atom. The molecule has 5 heteroatoms. The summed E-state index contributed by atoms with van der Waals surface area (Å²) in [6, 6.07) is 0. The lowest BCUT2D eigenvalue weighted by Crippen LogP contribution is -2.12. The summed E-state index contributed by atoms with van der Waals surface area (Å²) in [5.41, 5.74) is 0.822. The third-order valence-electron chi connectivity index (χ3n) is 3.19. The van der Waals surface area contributed by atoms with E-state index in [1.165, 1.54) is 37.0 Å². The van der Waals surface area contributed by atoms with Gasteiger partial charge >= 0.3 is 0 Å². The van der Waals surface area contributed by atoms with Crippen LogP contribution in [-0.2, 0) is 10.7 Å². The van der Waals surface area contributed by atoms with Gasteiger partial charge in [-0.05, 0) is 12.3 Å².